The zero-order valence-electron chi connectivity index (χ0n) is 15.5. The fraction of sp³-hybridized carbons (Fsp3) is 0.0909. The number of benzene rings is 2. The number of aromatic amines is 2. The van der Waals surface area contributed by atoms with Gasteiger partial charge >= 0.3 is 0 Å². The van der Waals surface area contributed by atoms with Crippen LogP contribution in [-0.2, 0) is 0 Å². The molecule has 0 radical (unpaired) electrons. The minimum Gasteiger partial charge on any atom is -0.497 e. The van der Waals surface area contributed by atoms with Crippen LogP contribution in [0.15, 0.2) is 61.2 Å². The molecular weight excluding hydrogens is 352 g/mol. The van der Waals surface area contributed by atoms with Crippen molar-refractivity contribution in [1.82, 2.24) is 19.9 Å². The largest absolute Gasteiger partial charge is 0.497 e. The predicted molar refractivity (Wildman–Crippen MR) is 110 cm³/mol. The Balaban J connectivity index is 1.57. The Labute approximate surface area is 161 Å². The minimum absolute atomic E-state index is 0.806. The van der Waals surface area contributed by atoms with E-state index < -0.39 is 0 Å². The van der Waals surface area contributed by atoms with Crippen molar-refractivity contribution in [1.29, 1.82) is 0 Å². The van der Waals surface area contributed by atoms with Crippen LogP contribution in [0.4, 0.5) is 0 Å². The van der Waals surface area contributed by atoms with Gasteiger partial charge in [-0.2, -0.15) is 0 Å². The maximum absolute atomic E-state index is 5.35. The molecule has 0 aliphatic carbocycles. The molecule has 6 heteroatoms. The molecule has 3 aromatic heterocycles. The SMILES string of the molecule is COc1ccc2[nH]cc(-c3cnc(-c4c[nH]c5ccc(OC)cc45)cn3)c2c1. The van der Waals surface area contributed by atoms with Crippen molar-refractivity contribution in [2.24, 2.45) is 0 Å². The number of nitrogens with one attached hydrogen (secondary N) is 2. The first-order valence-corrected chi connectivity index (χ1v) is 8.90. The van der Waals surface area contributed by atoms with Crippen molar-refractivity contribution in [2.75, 3.05) is 14.2 Å². The summed E-state index contributed by atoms with van der Waals surface area (Å²) in [5.74, 6) is 1.62. The zero-order chi connectivity index (χ0) is 19.1. The maximum Gasteiger partial charge on any atom is 0.119 e. The lowest BCUT2D eigenvalue weighted by molar-refractivity contribution is 0.415. The molecule has 0 saturated carbocycles. The van der Waals surface area contributed by atoms with Crippen LogP contribution in [0.25, 0.3) is 44.3 Å². The van der Waals surface area contributed by atoms with Crippen molar-refractivity contribution in [3.05, 3.63) is 61.2 Å². The quantitative estimate of drug-likeness (QED) is 0.477. The van der Waals surface area contributed by atoms with Crippen molar-refractivity contribution >= 4 is 21.8 Å². The van der Waals surface area contributed by atoms with E-state index in [1.807, 2.05) is 48.8 Å². The Morgan fingerprint density at radius 3 is 1.54 bits per heavy atom. The summed E-state index contributed by atoms with van der Waals surface area (Å²) in [4.78, 5) is 15.9. The van der Waals surface area contributed by atoms with Crippen LogP contribution in [0.2, 0.25) is 0 Å². The van der Waals surface area contributed by atoms with Crippen molar-refractivity contribution < 1.29 is 9.47 Å². The smallest absolute Gasteiger partial charge is 0.119 e. The van der Waals surface area contributed by atoms with E-state index in [2.05, 4.69) is 19.9 Å². The van der Waals surface area contributed by atoms with Crippen LogP contribution in [0.5, 0.6) is 11.5 Å². The maximum atomic E-state index is 5.35. The van der Waals surface area contributed by atoms with Gasteiger partial charge in [-0.05, 0) is 36.4 Å². The fourth-order valence-corrected chi connectivity index (χ4v) is 3.48. The number of ether oxygens (including phenoxy) is 2. The highest BCUT2D eigenvalue weighted by Gasteiger charge is 2.12. The van der Waals surface area contributed by atoms with E-state index in [9.17, 15) is 0 Å². The predicted octanol–water partition coefficient (Wildman–Crippen LogP) is 4.79. The molecule has 0 unspecified atom stereocenters. The number of methoxy groups -OCH3 is 2. The summed E-state index contributed by atoms with van der Waals surface area (Å²) in [6.07, 6.45) is 7.50. The van der Waals surface area contributed by atoms with Crippen LogP contribution < -0.4 is 9.47 Å². The van der Waals surface area contributed by atoms with Gasteiger partial charge < -0.3 is 19.4 Å². The van der Waals surface area contributed by atoms with E-state index >= 15 is 0 Å². The first kappa shape index (κ1) is 16.4. The van der Waals surface area contributed by atoms with E-state index in [4.69, 9.17) is 9.47 Å². The highest BCUT2D eigenvalue weighted by molar-refractivity contribution is 5.97. The monoisotopic (exact) mass is 370 g/mol. The van der Waals surface area contributed by atoms with Crippen molar-refractivity contribution in [3.8, 4) is 34.0 Å². The molecule has 0 bridgehead atoms. The summed E-state index contributed by atoms with van der Waals surface area (Å²) in [7, 11) is 3.33. The Bertz CT molecular complexity index is 1180. The molecule has 28 heavy (non-hydrogen) atoms. The minimum atomic E-state index is 0.806. The number of rotatable bonds is 4. The van der Waals surface area contributed by atoms with Crippen LogP contribution in [-0.4, -0.2) is 34.2 Å². The second-order valence-corrected chi connectivity index (χ2v) is 6.51. The van der Waals surface area contributed by atoms with Gasteiger partial charge in [0.2, 0.25) is 0 Å². The molecule has 2 aromatic carbocycles. The lowest BCUT2D eigenvalue weighted by Crippen LogP contribution is -1.89. The lowest BCUT2D eigenvalue weighted by Gasteiger charge is -2.04. The molecule has 0 fully saturated rings. The molecule has 5 rings (SSSR count). The van der Waals surface area contributed by atoms with Gasteiger partial charge in [-0.3, -0.25) is 9.97 Å². The van der Waals surface area contributed by atoms with Gasteiger partial charge in [-0.25, -0.2) is 0 Å². The number of aromatic nitrogens is 4. The van der Waals surface area contributed by atoms with Crippen molar-refractivity contribution in [2.45, 2.75) is 0 Å². The average molecular weight is 370 g/mol. The van der Waals surface area contributed by atoms with Crippen LogP contribution in [0.1, 0.15) is 0 Å². The first-order chi connectivity index (χ1) is 13.8. The molecule has 0 atom stereocenters. The number of nitrogens with zero attached hydrogens (tertiary/aromatic N) is 2. The Kier molecular flexibility index (Phi) is 3.76. The Hall–Kier alpha value is -3.80. The van der Waals surface area contributed by atoms with Crippen LogP contribution >= 0.6 is 0 Å². The molecule has 2 N–H and O–H groups in total. The van der Waals surface area contributed by atoms with E-state index in [0.717, 1.165) is 55.8 Å². The molecule has 138 valence electrons. The number of hydrogen-bond donors (Lipinski definition) is 2. The van der Waals surface area contributed by atoms with Gasteiger partial charge in [-0.15, -0.1) is 0 Å². The summed E-state index contributed by atoms with van der Waals surface area (Å²) in [5, 5.41) is 2.11. The molecule has 0 spiro atoms. The van der Waals surface area contributed by atoms with E-state index in [1.54, 1.807) is 26.6 Å². The fourth-order valence-electron chi connectivity index (χ4n) is 3.48. The summed E-state index contributed by atoms with van der Waals surface area (Å²) in [6.45, 7) is 0. The average Bonchev–Trinajstić information content (AvgIpc) is 3.37. The number of H-pyrrole nitrogens is 2. The molecule has 3 heterocycles. The first-order valence-electron chi connectivity index (χ1n) is 8.90. The third kappa shape index (κ3) is 2.58. The second-order valence-electron chi connectivity index (χ2n) is 6.51. The molecule has 6 nitrogen and oxygen atoms in total. The van der Waals surface area contributed by atoms with Crippen LogP contribution in [0, 0.1) is 0 Å². The highest BCUT2D eigenvalue weighted by atomic mass is 16.5. The third-order valence-electron chi connectivity index (χ3n) is 4.98. The summed E-state index contributed by atoms with van der Waals surface area (Å²) in [5.41, 5.74) is 5.67. The normalized spacial score (nSPS) is 11.2. The molecule has 0 aliphatic rings. The molecule has 0 amide bonds. The van der Waals surface area contributed by atoms with Crippen molar-refractivity contribution in [3.63, 3.8) is 0 Å². The summed E-state index contributed by atoms with van der Waals surface area (Å²) in [6, 6.07) is 11.9. The van der Waals surface area contributed by atoms with E-state index in [0.29, 0.717) is 0 Å². The van der Waals surface area contributed by atoms with Gasteiger partial charge in [0.15, 0.2) is 0 Å². The zero-order valence-corrected chi connectivity index (χ0v) is 15.5. The standard InChI is InChI=1S/C22H18N4O2/c1-27-13-3-5-19-15(7-13)17(9-23-19)21-11-26-22(12-25-21)18-10-24-20-6-4-14(28-2)8-16(18)20/h3-12,23-24H,1-2H3. The number of fused-ring (bicyclic) bond motifs is 2. The number of hydrogen-bond acceptors (Lipinski definition) is 4. The molecule has 5 aromatic rings. The van der Waals surface area contributed by atoms with E-state index in [1.165, 1.54) is 0 Å². The Morgan fingerprint density at radius 1 is 0.679 bits per heavy atom. The van der Waals surface area contributed by atoms with Gasteiger partial charge in [0.1, 0.15) is 11.5 Å². The highest BCUT2D eigenvalue weighted by Crippen LogP contribution is 2.32. The Morgan fingerprint density at radius 2 is 1.14 bits per heavy atom. The lowest BCUT2D eigenvalue weighted by atomic mass is 10.1. The van der Waals surface area contributed by atoms with Gasteiger partial charge in [0, 0.05) is 45.3 Å². The van der Waals surface area contributed by atoms with Crippen LogP contribution in [0.3, 0.4) is 0 Å². The molecule has 0 saturated heterocycles. The summed E-state index contributed by atoms with van der Waals surface area (Å²) >= 11 is 0. The van der Waals surface area contributed by atoms with Gasteiger partial charge in [0.25, 0.3) is 0 Å². The van der Waals surface area contributed by atoms with Gasteiger partial charge in [-0.1, -0.05) is 0 Å². The second kappa shape index (κ2) is 6.42. The topological polar surface area (TPSA) is 75.8 Å². The summed E-state index contributed by atoms with van der Waals surface area (Å²) < 4.78 is 10.7. The third-order valence-corrected chi connectivity index (χ3v) is 4.98. The van der Waals surface area contributed by atoms with Gasteiger partial charge in [0.05, 0.1) is 38.0 Å². The molecular formula is C22H18N4O2. The van der Waals surface area contributed by atoms with E-state index in [-0.39, 0.29) is 0 Å². The molecule has 0 aliphatic heterocycles.